The second-order valence-electron chi connectivity index (χ2n) is 8.98. The third-order valence-corrected chi connectivity index (χ3v) is 5.07. The zero-order valence-electron chi connectivity index (χ0n) is 20.5. The highest BCUT2D eigenvalue weighted by Gasteiger charge is 2.26. The Bertz CT molecular complexity index is 1080. The number of halogens is 1. The maximum Gasteiger partial charge on any atom is 0.318 e. The minimum absolute atomic E-state index is 0.202. The lowest BCUT2D eigenvalue weighted by Crippen LogP contribution is -2.49. The highest BCUT2D eigenvalue weighted by atomic mass is 19.1. The van der Waals surface area contributed by atoms with E-state index in [0.29, 0.717) is 36.9 Å². The van der Waals surface area contributed by atoms with E-state index in [2.05, 4.69) is 5.32 Å². The van der Waals surface area contributed by atoms with Crippen molar-refractivity contribution in [2.45, 2.75) is 46.2 Å². The summed E-state index contributed by atoms with van der Waals surface area (Å²) in [5.74, 6) is 0.792. The molecular weight excluding hydrogens is 435 g/mol. The Balaban J connectivity index is 2.07. The minimum atomic E-state index is -0.391. The second kappa shape index (κ2) is 11.2. The Labute approximate surface area is 200 Å². The maximum atomic E-state index is 13.6. The number of hydrogen-bond donors (Lipinski definition) is 1. The van der Waals surface area contributed by atoms with E-state index >= 15 is 0 Å². The molecule has 0 bridgehead atoms. The van der Waals surface area contributed by atoms with E-state index in [1.165, 1.54) is 12.1 Å². The monoisotopic (exact) mass is 468 g/mol. The van der Waals surface area contributed by atoms with Crippen LogP contribution in [0.4, 0.5) is 9.18 Å². The fourth-order valence-corrected chi connectivity index (χ4v) is 3.43. The number of methoxy groups -OCH3 is 1. The molecule has 0 fully saturated rings. The Hall–Kier alpha value is -3.39. The van der Waals surface area contributed by atoms with E-state index in [1.54, 1.807) is 28.8 Å². The standard InChI is InChI=1S/C26H33FN4O3/c1-6-23-22(18-30(16-17-33-5)25(32)28-26(2,3)4)24(34-21-10-8-7-9-11-21)31(29-23)20-14-12-19(27)13-15-20/h7-15H,6,16-18H2,1-5H3,(H,28,32). The van der Waals surface area contributed by atoms with Gasteiger partial charge in [0.2, 0.25) is 5.88 Å². The summed E-state index contributed by atoms with van der Waals surface area (Å²) in [6.07, 6.45) is 0.633. The number of benzene rings is 2. The fraction of sp³-hybridized carbons (Fsp3) is 0.385. The van der Waals surface area contributed by atoms with Crippen molar-refractivity contribution in [2.75, 3.05) is 20.3 Å². The van der Waals surface area contributed by atoms with Gasteiger partial charge in [0.05, 0.1) is 30.1 Å². The molecule has 2 amide bonds. The first-order chi connectivity index (χ1) is 16.2. The summed E-state index contributed by atoms with van der Waals surface area (Å²) in [6, 6.07) is 15.3. The lowest BCUT2D eigenvalue weighted by atomic mass is 10.1. The van der Waals surface area contributed by atoms with Crippen LogP contribution in [-0.2, 0) is 17.7 Å². The number of nitrogens with one attached hydrogen (secondary N) is 1. The molecule has 7 nitrogen and oxygen atoms in total. The Kier molecular flexibility index (Phi) is 8.28. The number of amides is 2. The van der Waals surface area contributed by atoms with Crippen molar-refractivity contribution in [3.63, 3.8) is 0 Å². The van der Waals surface area contributed by atoms with Crippen LogP contribution < -0.4 is 10.1 Å². The van der Waals surface area contributed by atoms with Crippen LogP contribution in [0.2, 0.25) is 0 Å². The first-order valence-electron chi connectivity index (χ1n) is 11.4. The zero-order valence-corrected chi connectivity index (χ0v) is 20.5. The van der Waals surface area contributed by atoms with Gasteiger partial charge < -0.3 is 19.7 Å². The molecule has 0 spiro atoms. The average Bonchev–Trinajstić information content (AvgIpc) is 3.13. The number of urea groups is 1. The van der Waals surface area contributed by atoms with Crippen LogP contribution in [0, 0.1) is 5.82 Å². The van der Waals surface area contributed by atoms with Gasteiger partial charge in [-0.05, 0) is 63.6 Å². The molecule has 2 aromatic carbocycles. The summed E-state index contributed by atoms with van der Waals surface area (Å²) in [5.41, 5.74) is 1.85. The van der Waals surface area contributed by atoms with Gasteiger partial charge >= 0.3 is 6.03 Å². The molecular formula is C26H33FN4O3. The number of aryl methyl sites for hydroxylation is 1. The van der Waals surface area contributed by atoms with Crippen molar-refractivity contribution in [1.29, 1.82) is 0 Å². The Morgan fingerprint density at radius 3 is 2.38 bits per heavy atom. The van der Waals surface area contributed by atoms with Gasteiger partial charge in [-0.3, -0.25) is 0 Å². The first-order valence-corrected chi connectivity index (χ1v) is 11.4. The molecule has 0 saturated carbocycles. The molecule has 0 saturated heterocycles. The van der Waals surface area contributed by atoms with E-state index in [-0.39, 0.29) is 18.4 Å². The van der Waals surface area contributed by atoms with Crippen molar-refractivity contribution in [2.24, 2.45) is 0 Å². The Morgan fingerprint density at radius 2 is 1.79 bits per heavy atom. The van der Waals surface area contributed by atoms with Crippen LogP contribution in [-0.4, -0.2) is 46.5 Å². The van der Waals surface area contributed by atoms with Crippen LogP contribution in [0.25, 0.3) is 5.69 Å². The van der Waals surface area contributed by atoms with Crippen LogP contribution in [0.15, 0.2) is 54.6 Å². The molecule has 0 unspecified atom stereocenters. The maximum absolute atomic E-state index is 13.6. The molecule has 1 aromatic heterocycles. The SMILES string of the molecule is CCc1nn(-c2ccc(F)cc2)c(Oc2ccccc2)c1CN(CCOC)C(=O)NC(C)(C)C. The molecule has 3 rings (SSSR count). The highest BCUT2D eigenvalue weighted by molar-refractivity contribution is 5.75. The fourth-order valence-electron chi connectivity index (χ4n) is 3.43. The summed E-state index contributed by atoms with van der Waals surface area (Å²) in [6.45, 7) is 8.88. The first kappa shape index (κ1) is 25.2. The molecule has 1 heterocycles. The number of ether oxygens (including phenoxy) is 2. The topological polar surface area (TPSA) is 68.6 Å². The zero-order chi connectivity index (χ0) is 24.7. The van der Waals surface area contributed by atoms with E-state index < -0.39 is 5.54 Å². The summed E-state index contributed by atoms with van der Waals surface area (Å²) in [4.78, 5) is 14.8. The second-order valence-corrected chi connectivity index (χ2v) is 8.98. The molecule has 0 aliphatic carbocycles. The van der Waals surface area contributed by atoms with Gasteiger partial charge in [0.25, 0.3) is 0 Å². The van der Waals surface area contributed by atoms with Gasteiger partial charge in [-0.1, -0.05) is 25.1 Å². The molecule has 8 heteroatoms. The predicted octanol–water partition coefficient (Wildman–Crippen LogP) is 5.32. The number of para-hydroxylation sites is 1. The predicted molar refractivity (Wildman–Crippen MR) is 130 cm³/mol. The van der Waals surface area contributed by atoms with E-state index in [0.717, 1.165) is 11.3 Å². The third-order valence-electron chi connectivity index (χ3n) is 5.07. The third kappa shape index (κ3) is 6.57. The highest BCUT2D eigenvalue weighted by Crippen LogP contribution is 2.32. The minimum Gasteiger partial charge on any atom is -0.439 e. The molecule has 34 heavy (non-hydrogen) atoms. The van der Waals surface area contributed by atoms with Crippen LogP contribution in [0.5, 0.6) is 11.6 Å². The van der Waals surface area contributed by atoms with Gasteiger partial charge in [0.1, 0.15) is 11.6 Å². The number of carbonyl (C=O) groups excluding carboxylic acids is 1. The summed E-state index contributed by atoms with van der Waals surface area (Å²) in [7, 11) is 1.60. The van der Waals surface area contributed by atoms with Gasteiger partial charge in [-0.15, -0.1) is 0 Å². The summed E-state index contributed by atoms with van der Waals surface area (Å²) < 4.78 is 26.8. The largest absolute Gasteiger partial charge is 0.439 e. The van der Waals surface area contributed by atoms with Crippen molar-refractivity contribution < 1.29 is 18.7 Å². The molecule has 182 valence electrons. The average molecular weight is 469 g/mol. The molecule has 3 aromatic rings. The molecule has 0 radical (unpaired) electrons. The number of rotatable bonds is 9. The molecule has 0 aliphatic rings. The van der Waals surface area contributed by atoms with Crippen LogP contribution in [0.3, 0.4) is 0 Å². The van der Waals surface area contributed by atoms with Gasteiger partial charge in [0, 0.05) is 19.2 Å². The van der Waals surface area contributed by atoms with E-state index in [1.807, 2.05) is 58.0 Å². The molecule has 0 atom stereocenters. The van der Waals surface area contributed by atoms with Crippen molar-refractivity contribution in [3.05, 3.63) is 71.7 Å². The van der Waals surface area contributed by atoms with Crippen LogP contribution in [0.1, 0.15) is 39.0 Å². The summed E-state index contributed by atoms with van der Waals surface area (Å²) in [5, 5.41) is 7.79. The quantitative estimate of drug-likeness (QED) is 0.461. The lowest BCUT2D eigenvalue weighted by molar-refractivity contribution is 0.142. The van der Waals surface area contributed by atoms with Gasteiger partial charge in [-0.25, -0.2) is 13.9 Å². The van der Waals surface area contributed by atoms with Crippen LogP contribution >= 0.6 is 0 Å². The van der Waals surface area contributed by atoms with E-state index in [9.17, 15) is 9.18 Å². The van der Waals surface area contributed by atoms with Crippen molar-refractivity contribution >= 4 is 6.03 Å². The van der Waals surface area contributed by atoms with E-state index in [4.69, 9.17) is 14.6 Å². The molecule has 0 aliphatic heterocycles. The summed E-state index contributed by atoms with van der Waals surface area (Å²) >= 11 is 0. The van der Waals surface area contributed by atoms with Crippen molar-refractivity contribution in [1.82, 2.24) is 20.0 Å². The number of carbonyl (C=O) groups is 1. The van der Waals surface area contributed by atoms with Crippen molar-refractivity contribution in [3.8, 4) is 17.3 Å². The lowest BCUT2D eigenvalue weighted by Gasteiger charge is -2.28. The number of hydrogen-bond acceptors (Lipinski definition) is 4. The van der Waals surface area contributed by atoms with Gasteiger partial charge in [-0.2, -0.15) is 5.10 Å². The number of nitrogens with zero attached hydrogens (tertiary/aromatic N) is 3. The number of aromatic nitrogens is 2. The smallest absolute Gasteiger partial charge is 0.318 e. The normalized spacial score (nSPS) is 11.4. The molecule has 1 N–H and O–H groups in total. The van der Waals surface area contributed by atoms with Gasteiger partial charge in [0.15, 0.2) is 0 Å². The Morgan fingerprint density at radius 1 is 1.12 bits per heavy atom.